The SMILES string of the molecule is CCn1cc(S(=O)(=O)N2CC3CCC2C3)cc1CN. The van der Waals surface area contributed by atoms with E-state index in [4.69, 9.17) is 5.73 Å². The summed E-state index contributed by atoms with van der Waals surface area (Å²) in [7, 11) is -3.33. The van der Waals surface area contributed by atoms with Gasteiger partial charge in [0, 0.05) is 37.6 Å². The molecule has 5 nitrogen and oxygen atoms in total. The molecule has 1 saturated heterocycles. The zero-order valence-corrected chi connectivity index (χ0v) is 12.1. The van der Waals surface area contributed by atoms with Gasteiger partial charge in [0.25, 0.3) is 0 Å². The predicted octanol–water partition coefficient (Wildman–Crippen LogP) is 1.14. The highest BCUT2D eigenvalue weighted by Crippen LogP contribution is 2.40. The molecule has 0 aromatic carbocycles. The van der Waals surface area contributed by atoms with Crippen LogP contribution in [-0.2, 0) is 23.1 Å². The molecule has 106 valence electrons. The van der Waals surface area contributed by atoms with Gasteiger partial charge in [-0.05, 0) is 38.2 Å². The fourth-order valence-corrected chi connectivity index (χ4v) is 5.25. The van der Waals surface area contributed by atoms with E-state index in [-0.39, 0.29) is 6.04 Å². The van der Waals surface area contributed by atoms with Gasteiger partial charge in [-0.25, -0.2) is 8.42 Å². The molecule has 2 heterocycles. The van der Waals surface area contributed by atoms with Gasteiger partial charge in [0.15, 0.2) is 0 Å². The second-order valence-electron chi connectivity index (χ2n) is 5.56. The third-order valence-corrected chi connectivity index (χ3v) is 6.36. The Morgan fingerprint density at radius 3 is 2.68 bits per heavy atom. The van der Waals surface area contributed by atoms with Crippen molar-refractivity contribution in [3.8, 4) is 0 Å². The number of hydrogen-bond acceptors (Lipinski definition) is 3. The van der Waals surface area contributed by atoms with Crippen LogP contribution < -0.4 is 5.73 Å². The van der Waals surface area contributed by atoms with Crippen LogP contribution in [0, 0.1) is 5.92 Å². The number of nitrogens with zero attached hydrogens (tertiary/aromatic N) is 2. The van der Waals surface area contributed by atoms with Crippen molar-refractivity contribution in [3.63, 3.8) is 0 Å². The van der Waals surface area contributed by atoms with Gasteiger partial charge in [-0.3, -0.25) is 0 Å². The van der Waals surface area contributed by atoms with E-state index in [0.717, 1.165) is 25.1 Å². The van der Waals surface area contributed by atoms with Crippen LogP contribution in [0.2, 0.25) is 0 Å². The zero-order valence-electron chi connectivity index (χ0n) is 11.2. The highest BCUT2D eigenvalue weighted by Gasteiger charge is 2.44. The highest BCUT2D eigenvalue weighted by molar-refractivity contribution is 7.89. The van der Waals surface area contributed by atoms with Gasteiger partial charge in [-0.2, -0.15) is 4.31 Å². The molecule has 2 fully saturated rings. The Balaban J connectivity index is 1.94. The number of rotatable bonds is 4. The lowest BCUT2D eigenvalue weighted by Gasteiger charge is -2.25. The van der Waals surface area contributed by atoms with E-state index in [1.807, 2.05) is 11.5 Å². The third kappa shape index (κ3) is 2.02. The number of sulfonamides is 1. The first-order valence-corrected chi connectivity index (χ1v) is 8.41. The van der Waals surface area contributed by atoms with Crippen molar-refractivity contribution < 1.29 is 8.42 Å². The molecule has 0 amide bonds. The fraction of sp³-hybridized carbons (Fsp3) is 0.692. The molecule has 2 atom stereocenters. The average Bonchev–Trinajstić information content (AvgIpc) is 3.12. The number of aryl methyl sites for hydroxylation is 1. The Morgan fingerprint density at radius 1 is 1.42 bits per heavy atom. The van der Waals surface area contributed by atoms with Gasteiger partial charge in [-0.1, -0.05) is 0 Å². The lowest BCUT2D eigenvalue weighted by Crippen LogP contribution is -2.37. The van der Waals surface area contributed by atoms with E-state index < -0.39 is 10.0 Å². The molecule has 1 aliphatic carbocycles. The van der Waals surface area contributed by atoms with Crippen LogP contribution in [0.4, 0.5) is 0 Å². The Labute approximate surface area is 114 Å². The van der Waals surface area contributed by atoms with E-state index in [1.165, 1.54) is 6.42 Å². The molecule has 0 radical (unpaired) electrons. The van der Waals surface area contributed by atoms with Crippen molar-refractivity contribution >= 4 is 10.0 Å². The maximum absolute atomic E-state index is 12.7. The third-order valence-electron chi connectivity index (χ3n) is 4.48. The van der Waals surface area contributed by atoms with E-state index in [9.17, 15) is 8.42 Å². The first-order valence-electron chi connectivity index (χ1n) is 6.97. The lowest BCUT2D eigenvalue weighted by molar-refractivity contribution is 0.333. The summed E-state index contributed by atoms with van der Waals surface area (Å²) in [6.07, 6.45) is 4.96. The summed E-state index contributed by atoms with van der Waals surface area (Å²) in [6.45, 7) is 3.80. The number of aromatic nitrogens is 1. The number of hydrogen-bond donors (Lipinski definition) is 1. The first kappa shape index (κ1) is 13.1. The molecule has 1 aliphatic heterocycles. The zero-order chi connectivity index (χ0) is 13.6. The van der Waals surface area contributed by atoms with Crippen molar-refractivity contribution in [2.75, 3.05) is 6.54 Å². The second kappa shape index (κ2) is 4.61. The topological polar surface area (TPSA) is 68.3 Å². The van der Waals surface area contributed by atoms with Crippen LogP contribution in [0.1, 0.15) is 31.9 Å². The summed E-state index contributed by atoms with van der Waals surface area (Å²) in [5.74, 6) is 0.571. The van der Waals surface area contributed by atoms with E-state index in [2.05, 4.69) is 0 Å². The Hall–Kier alpha value is -0.850. The van der Waals surface area contributed by atoms with Crippen molar-refractivity contribution in [1.29, 1.82) is 0 Å². The maximum Gasteiger partial charge on any atom is 0.244 e. The molecular weight excluding hydrogens is 262 g/mol. The van der Waals surface area contributed by atoms with Crippen LogP contribution in [-0.4, -0.2) is 29.9 Å². The van der Waals surface area contributed by atoms with Crippen molar-refractivity contribution in [3.05, 3.63) is 18.0 Å². The van der Waals surface area contributed by atoms with E-state index >= 15 is 0 Å². The summed E-state index contributed by atoms with van der Waals surface area (Å²) in [5, 5.41) is 0. The summed E-state index contributed by atoms with van der Waals surface area (Å²) in [4.78, 5) is 0.405. The monoisotopic (exact) mass is 283 g/mol. The van der Waals surface area contributed by atoms with Gasteiger partial charge in [0.05, 0.1) is 0 Å². The van der Waals surface area contributed by atoms with Crippen LogP contribution in [0.15, 0.2) is 17.2 Å². The quantitative estimate of drug-likeness (QED) is 0.901. The minimum atomic E-state index is -3.33. The smallest absolute Gasteiger partial charge is 0.244 e. The number of fused-ring (bicyclic) bond motifs is 2. The molecule has 19 heavy (non-hydrogen) atoms. The van der Waals surface area contributed by atoms with Crippen LogP contribution in [0.3, 0.4) is 0 Å². The number of piperidine rings is 1. The second-order valence-corrected chi connectivity index (χ2v) is 7.46. The molecule has 3 rings (SSSR count). The summed E-state index contributed by atoms with van der Waals surface area (Å²) < 4.78 is 29.0. The first-order chi connectivity index (χ1) is 9.06. The summed E-state index contributed by atoms with van der Waals surface area (Å²) >= 11 is 0. The molecule has 1 saturated carbocycles. The van der Waals surface area contributed by atoms with E-state index in [1.54, 1.807) is 16.6 Å². The molecule has 2 aliphatic rings. The van der Waals surface area contributed by atoms with Gasteiger partial charge in [0.1, 0.15) is 4.90 Å². The largest absolute Gasteiger partial charge is 0.349 e. The van der Waals surface area contributed by atoms with E-state index in [0.29, 0.717) is 23.9 Å². The average molecular weight is 283 g/mol. The minimum absolute atomic E-state index is 0.223. The predicted molar refractivity (Wildman–Crippen MR) is 73.0 cm³/mol. The van der Waals surface area contributed by atoms with Gasteiger partial charge < -0.3 is 10.3 Å². The van der Waals surface area contributed by atoms with Gasteiger partial charge in [0.2, 0.25) is 10.0 Å². The van der Waals surface area contributed by atoms with Gasteiger partial charge in [-0.15, -0.1) is 0 Å². The Morgan fingerprint density at radius 2 is 2.21 bits per heavy atom. The highest BCUT2D eigenvalue weighted by atomic mass is 32.2. The molecule has 1 aromatic heterocycles. The Bertz CT molecular complexity index is 557. The normalized spacial score (nSPS) is 27.3. The molecular formula is C13H21N3O2S. The molecule has 2 N–H and O–H groups in total. The van der Waals surface area contributed by atoms with Crippen molar-refractivity contribution in [2.24, 2.45) is 11.7 Å². The van der Waals surface area contributed by atoms with Crippen LogP contribution in [0.5, 0.6) is 0 Å². The maximum atomic E-state index is 12.7. The lowest BCUT2D eigenvalue weighted by atomic mass is 10.1. The minimum Gasteiger partial charge on any atom is -0.349 e. The number of nitrogens with two attached hydrogens (primary N) is 1. The molecule has 2 unspecified atom stereocenters. The molecule has 0 spiro atoms. The summed E-state index contributed by atoms with van der Waals surface area (Å²) in [5.41, 5.74) is 6.55. The van der Waals surface area contributed by atoms with Crippen molar-refractivity contribution in [1.82, 2.24) is 8.87 Å². The van der Waals surface area contributed by atoms with Crippen LogP contribution >= 0.6 is 0 Å². The molecule has 6 heteroatoms. The van der Waals surface area contributed by atoms with Gasteiger partial charge >= 0.3 is 0 Å². The van der Waals surface area contributed by atoms with Crippen molar-refractivity contribution in [2.45, 2.75) is 50.2 Å². The molecule has 1 aromatic rings. The molecule has 2 bridgehead atoms. The Kier molecular flexibility index (Phi) is 3.19. The van der Waals surface area contributed by atoms with Crippen LogP contribution in [0.25, 0.3) is 0 Å². The standard InChI is InChI=1S/C13H21N3O2S/c1-2-15-9-13(6-12(15)7-14)19(17,18)16-8-10-3-4-11(16)5-10/h6,9-11H,2-5,7-8,14H2,1H3. The fourth-order valence-electron chi connectivity index (χ4n) is 3.44. The summed E-state index contributed by atoms with van der Waals surface area (Å²) in [6, 6.07) is 1.95.